The van der Waals surface area contributed by atoms with Crippen molar-refractivity contribution < 1.29 is 61.5 Å². The fourth-order valence-electron chi connectivity index (χ4n) is 3.29. The molecule has 0 aliphatic rings. The van der Waals surface area contributed by atoms with E-state index < -0.39 is 77.6 Å². The smallest absolute Gasteiger partial charge is 0.247 e. The van der Waals surface area contributed by atoms with Crippen LogP contribution >= 0.6 is 12.6 Å². The Balaban J connectivity index is 6.29. The molecular formula is C20H27F14NS. The Kier molecular flexibility index (Phi) is 9.73. The van der Waals surface area contributed by atoms with E-state index in [9.17, 15) is 57.1 Å². The third-order valence-electron chi connectivity index (χ3n) is 5.63. The van der Waals surface area contributed by atoms with Crippen LogP contribution in [0.2, 0.25) is 0 Å². The Hall–Kier alpha value is -0.930. The summed E-state index contributed by atoms with van der Waals surface area (Å²) >= 11 is 2.40. The molecule has 1 N–H and O–H groups in total. The summed E-state index contributed by atoms with van der Waals surface area (Å²) in [6.07, 6.45) is -4.91. The molecule has 0 aromatic rings. The Morgan fingerprint density at radius 2 is 1.14 bits per heavy atom. The van der Waals surface area contributed by atoms with E-state index in [0.717, 1.165) is 33.8 Å². The lowest BCUT2D eigenvalue weighted by Gasteiger charge is -2.45. The van der Waals surface area contributed by atoms with Crippen molar-refractivity contribution in [2.24, 2.45) is 5.41 Å². The zero-order valence-electron chi connectivity index (χ0n) is 19.9. The topological polar surface area (TPSA) is 12.0 Å². The summed E-state index contributed by atoms with van der Waals surface area (Å²) in [5, 5.41) is -4.87. The number of allylic oxidation sites excluding steroid dienone is 2. The Bertz CT molecular complexity index is 782. The molecule has 0 radical (unpaired) electrons. The number of hydrogen-bond donors (Lipinski definition) is 2. The number of rotatable bonds is 12. The van der Waals surface area contributed by atoms with Crippen LogP contribution in [0.15, 0.2) is 12.2 Å². The van der Waals surface area contributed by atoms with Gasteiger partial charge in [0.25, 0.3) is 5.92 Å². The molecular weight excluding hydrogens is 552 g/mol. The normalized spacial score (nSPS) is 21.1. The highest BCUT2D eigenvalue weighted by Gasteiger charge is 2.80. The molecule has 0 fully saturated rings. The van der Waals surface area contributed by atoms with Crippen LogP contribution in [0.5, 0.6) is 0 Å². The fraction of sp³-hybridized carbons (Fsp3) is 0.900. The molecule has 0 saturated carbocycles. The van der Waals surface area contributed by atoms with E-state index in [0.29, 0.717) is 0 Å². The molecule has 0 aliphatic carbocycles. The second-order valence-corrected chi connectivity index (χ2v) is 10.3. The van der Waals surface area contributed by atoms with Gasteiger partial charge in [-0.1, -0.05) is 32.9 Å². The first-order valence-corrected chi connectivity index (χ1v) is 10.5. The highest BCUT2D eigenvalue weighted by molar-refractivity contribution is 7.81. The van der Waals surface area contributed by atoms with Gasteiger partial charge in [0.2, 0.25) is 5.67 Å². The summed E-state index contributed by atoms with van der Waals surface area (Å²) in [4.78, 5) is 0. The van der Waals surface area contributed by atoms with E-state index in [4.69, 9.17) is 0 Å². The standard InChI is InChI=1S/C20H27F14NS/c1-7-8-11(21)16(26,12(2,3)4)15(24,25)10-35-19(31,32)18(29,30)17(27,28)13(5,22)9-14(6,23)20(33,34)36/h7-8,11,35-36H,9-10H2,1-6H3/b8-7-. The Morgan fingerprint density at radius 3 is 1.47 bits per heavy atom. The second kappa shape index (κ2) is 9.99. The predicted molar refractivity (Wildman–Crippen MR) is 108 cm³/mol. The maximum atomic E-state index is 15.3. The summed E-state index contributed by atoms with van der Waals surface area (Å²) in [5.74, 6) is -18.9. The molecule has 0 rings (SSSR count). The second-order valence-electron chi connectivity index (χ2n) is 9.78. The Morgan fingerprint density at radius 1 is 0.722 bits per heavy atom. The molecule has 0 aromatic carbocycles. The minimum Gasteiger partial charge on any atom is -0.247 e. The van der Waals surface area contributed by atoms with Crippen LogP contribution in [0.4, 0.5) is 61.5 Å². The average Bonchev–Trinajstić information content (AvgIpc) is 2.62. The van der Waals surface area contributed by atoms with Gasteiger partial charge in [-0.2, -0.15) is 35.1 Å². The first-order valence-electron chi connectivity index (χ1n) is 10.1. The fourth-order valence-corrected chi connectivity index (χ4v) is 3.37. The van der Waals surface area contributed by atoms with Gasteiger partial charge in [-0.25, -0.2) is 31.7 Å². The van der Waals surface area contributed by atoms with E-state index in [-0.39, 0.29) is 18.3 Å². The van der Waals surface area contributed by atoms with Crippen LogP contribution < -0.4 is 5.32 Å². The monoisotopic (exact) mass is 579 g/mol. The maximum Gasteiger partial charge on any atom is 0.389 e. The summed E-state index contributed by atoms with van der Waals surface area (Å²) in [5.41, 5.74) is -16.2. The van der Waals surface area contributed by atoms with E-state index >= 15 is 4.39 Å². The van der Waals surface area contributed by atoms with Crippen LogP contribution in [0.3, 0.4) is 0 Å². The van der Waals surface area contributed by atoms with E-state index in [1.165, 1.54) is 0 Å². The molecule has 36 heavy (non-hydrogen) atoms. The van der Waals surface area contributed by atoms with Gasteiger partial charge in [0.15, 0.2) is 17.5 Å². The predicted octanol–water partition coefficient (Wildman–Crippen LogP) is 8.11. The molecule has 16 heteroatoms. The molecule has 0 aromatic heterocycles. The lowest BCUT2D eigenvalue weighted by molar-refractivity contribution is -0.356. The SMILES string of the molecule is C/C=C\C(F)C(F)(C(C)(C)C)C(F)(F)CNC(F)(F)C(F)(F)C(F)(F)C(C)(F)CC(C)(F)C(F)(F)S. The molecule has 0 bridgehead atoms. The van der Waals surface area contributed by atoms with Crippen molar-refractivity contribution in [3.8, 4) is 0 Å². The van der Waals surface area contributed by atoms with Gasteiger partial charge in [-0.05, 0) is 20.8 Å². The van der Waals surface area contributed by atoms with Crippen molar-refractivity contribution in [3.63, 3.8) is 0 Å². The van der Waals surface area contributed by atoms with Crippen molar-refractivity contribution in [3.05, 3.63) is 12.2 Å². The zero-order chi connectivity index (χ0) is 29.6. The summed E-state index contributed by atoms with van der Waals surface area (Å²) < 4.78 is 199. The van der Waals surface area contributed by atoms with Crippen LogP contribution in [-0.4, -0.2) is 58.8 Å². The minimum absolute atomic E-state index is 0.0179. The summed E-state index contributed by atoms with van der Waals surface area (Å²) in [7, 11) is 0. The van der Waals surface area contributed by atoms with Crippen LogP contribution in [0.1, 0.15) is 48.0 Å². The van der Waals surface area contributed by atoms with Crippen molar-refractivity contribution in [1.82, 2.24) is 5.32 Å². The van der Waals surface area contributed by atoms with Crippen molar-refractivity contribution in [2.45, 2.75) is 100 Å². The van der Waals surface area contributed by atoms with E-state index in [1.54, 1.807) is 0 Å². The highest BCUT2D eigenvalue weighted by Crippen LogP contribution is 2.56. The molecule has 0 spiro atoms. The van der Waals surface area contributed by atoms with Gasteiger partial charge in [-0.15, -0.1) is 12.6 Å². The molecule has 4 unspecified atom stereocenters. The van der Waals surface area contributed by atoms with E-state index in [1.807, 2.05) is 0 Å². The molecule has 1 nitrogen and oxygen atoms in total. The first-order chi connectivity index (χ1) is 15.4. The lowest BCUT2D eigenvalue weighted by Crippen LogP contribution is -2.70. The van der Waals surface area contributed by atoms with Crippen molar-refractivity contribution >= 4 is 12.6 Å². The first kappa shape index (κ1) is 35.1. The highest BCUT2D eigenvalue weighted by atomic mass is 32.1. The molecule has 0 amide bonds. The minimum atomic E-state index is -6.97. The number of hydrogen-bond acceptors (Lipinski definition) is 2. The third-order valence-corrected chi connectivity index (χ3v) is 6.10. The summed E-state index contributed by atoms with van der Waals surface area (Å²) in [6.45, 7) is -0.403. The van der Waals surface area contributed by atoms with Crippen LogP contribution in [0.25, 0.3) is 0 Å². The molecule has 0 aliphatic heterocycles. The molecule has 4 atom stereocenters. The van der Waals surface area contributed by atoms with Crippen LogP contribution in [0, 0.1) is 5.41 Å². The maximum absolute atomic E-state index is 15.3. The average molecular weight is 579 g/mol. The van der Waals surface area contributed by atoms with Crippen molar-refractivity contribution in [2.75, 3.05) is 6.54 Å². The van der Waals surface area contributed by atoms with Gasteiger partial charge >= 0.3 is 23.1 Å². The third kappa shape index (κ3) is 6.04. The number of halogens is 14. The largest absolute Gasteiger partial charge is 0.389 e. The number of thiol groups is 1. The molecule has 216 valence electrons. The van der Waals surface area contributed by atoms with Gasteiger partial charge < -0.3 is 0 Å². The van der Waals surface area contributed by atoms with E-state index in [2.05, 4.69) is 12.6 Å². The van der Waals surface area contributed by atoms with Gasteiger partial charge in [0, 0.05) is 11.8 Å². The van der Waals surface area contributed by atoms with Gasteiger partial charge in [0.05, 0.1) is 6.54 Å². The van der Waals surface area contributed by atoms with Gasteiger partial charge in [0.1, 0.15) is 0 Å². The molecule has 0 heterocycles. The number of nitrogens with one attached hydrogen (secondary N) is 1. The zero-order valence-corrected chi connectivity index (χ0v) is 20.8. The number of alkyl halides is 14. The Labute approximate surface area is 204 Å². The summed E-state index contributed by atoms with van der Waals surface area (Å²) in [6, 6.07) is -6.46. The lowest BCUT2D eigenvalue weighted by atomic mass is 9.70. The van der Waals surface area contributed by atoms with Crippen molar-refractivity contribution in [1.29, 1.82) is 0 Å². The quantitative estimate of drug-likeness (QED) is 0.103. The van der Waals surface area contributed by atoms with Gasteiger partial charge in [-0.3, -0.25) is 0 Å². The molecule has 0 saturated heterocycles. The van der Waals surface area contributed by atoms with Crippen LogP contribution in [-0.2, 0) is 0 Å².